The molecule has 2 aromatic heterocycles. The van der Waals surface area contributed by atoms with Gasteiger partial charge in [-0.15, -0.1) is 11.3 Å². The second-order valence-corrected chi connectivity index (χ2v) is 10.7. The van der Waals surface area contributed by atoms with E-state index in [-0.39, 0.29) is 11.9 Å². The molecule has 6 heteroatoms. The molecule has 0 bridgehead atoms. The molecule has 1 fully saturated rings. The van der Waals surface area contributed by atoms with Crippen LogP contribution in [0.3, 0.4) is 0 Å². The van der Waals surface area contributed by atoms with E-state index < -0.39 is 0 Å². The van der Waals surface area contributed by atoms with Crippen LogP contribution in [0.5, 0.6) is 0 Å². The Bertz CT molecular complexity index is 1490. The smallest absolute Gasteiger partial charge is 0.264 e. The summed E-state index contributed by atoms with van der Waals surface area (Å²) in [5.41, 5.74) is 5.74. The standard InChI is InChI=1S/C31H30N4OS/c1-22-10-9-15-26(20-22)35-31-27(23(2)32-35)21-28(37-31)30(36)34-18-16-33(17-19-34)29(24-11-5-3-6-12-24)25-13-7-4-8-14-25/h3-15,20-21,29H,16-19H2,1-2H3. The van der Waals surface area contributed by atoms with Crippen LogP contribution in [0.25, 0.3) is 15.9 Å². The number of nitrogens with zero attached hydrogens (tertiary/aromatic N) is 4. The lowest BCUT2D eigenvalue weighted by molar-refractivity contribution is 0.0602. The molecule has 37 heavy (non-hydrogen) atoms. The Kier molecular flexibility index (Phi) is 6.37. The first-order chi connectivity index (χ1) is 18.1. The lowest BCUT2D eigenvalue weighted by Gasteiger charge is -2.39. The molecule has 0 saturated carbocycles. The molecule has 1 aliphatic heterocycles. The predicted octanol–water partition coefficient (Wildman–Crippen LogP) is 6.25. The number of carbonyl (C=O) groups excluding carboxylic acids is 1. The number of fused-ring (bicyclic) bond motifs is 1. The lowest BCUT2D eigenvalue weighted by atomic mass is 9.96. The molecular formula is C31H30N4OS. The van der Waals surface area contributed by atoms with Crippen molar-refractivity contribution in [2.75, 3.05) is 26.2 Å². The topological polar surface area (TPSA) is 41.4 Å². The molecule has 0 atom stereocenters. The Labute approximate surface area is 221 Å². The van der Waals surface area contributed by atoms with Gasteiger partial charge in [0.2, 0.25) is 0 Å². The molecule has 1 amide bonds. The largest absolute Gasteiger partial charge is 0.335 e. The first-order valence-electron chi connectivity index (χ1n) is 12.8. The molecule has 0 spiro atoms. The van der Waals surface area contributed by atoms with Gasteiger partial charge in [0.05, 0.1) is 22.3 Å². The fourth-order valence-corrected chi connectivity index (χ4v) is 6.46. The summed E-state index contributed by atoms with van der Waals surface area (Å²) < 4.78 is 1.97. The molecule has 5 nitrogen and oxygen atoms in total. The van der Waals surface area contributed by atoms with Crippen LogP contribution in [0.4, 0.5) is 0 Å². The summed E-state index contributed by atoms with van der Waals surface area (Å²) in [4.78, 5) is 19.9. The van der Waals surface area contributed by atoms with Crippen molar-refractivity contribution in [1.82, 2.24) is 19.6 Å². The Hall–Kier alpha value is -3.74. The number of benzene rings is 3. The highest BCUT2D eigenvalue weighted by molar-refractivity contribution is 7.20. The van der Waals surface area contributed by atoms with E-state index in [1.54, 1.807) is 11.3 Å². The Balaban J connectivity index is 1.22. The number of hydrogen-bond acceptors (Lipinski definition) is 4. The molecule has 186 valence electrons. The van der Waals surface area contributed by atoms with Gasteiger partial charge in [-0.1, -0.05) is 72.8 Å². The van der Waals surface area contributed by atoms with Crippen LogP contribution in [0.1, 0.15) is 38.1 Å². The van der Waals surface area contributed by atoms with E-state index in [0.29, 0.717) is 13.1 Å². The maximum Gasteiger partial charge on any atom is 0.264 e. The van der Waals surface area contributed by atoms with Gasteiger partial charge >= 0.3 is 0 Å². The van der Waals surface area contributed by atoms with Gasteiger partial charge in [-0.3, -0.25) is 9.69 Å². The lowest BCUT2D eigenvalue weighted by Crippen LogP contribution is -2.49. The van der Waals surface area contributed by atoms with E-state index in [0.717, 1.165) is 39.6 Å². The van der Waals surface area contributed by atoms with Gasteiger partial charge in [0, 0.05) is 31.6 Å². The highest BCUT2D eigenvalue weighted by Gasteiger charge is 2.29. The normalized spacial score (nSPS) is 14.5. The number of amides is 1. The fraction of sp³-hybridized carbons (Fsp3) is 0.226. The average Bonchev–Trinajstić information content (AvgIpc) is 3.51. The molecule has 1 aliphatic rings. The monoisotopic (exact) mass is 506 g/mol. The van der Waals surface area contributed by atoms with Crippen molar-refractivity contribution < 1.29 is 4.79 Å². The van der Waals surface area contributed by atoms with Gasteiger partial charge in [0.15, 0.2) is 0 Å². The first kappa shape index (κ1) is 23.6. The van der Waals surface area contributed by atoms with Gasteiger partial charge in [0.1, 0.15) is 4.83 Å². The zero-order chi connectivity index (χ0) is 25.4. The number of rotatable bonds is 5. The molecule has 0 unspecified atom stereocenters. The number of aryl methyl sites for hydroxylation is 2. The summed E-state index contributed by atoms with van der Waals surface area (Å²) in [6.07, 6.45) is 0. The van der Waals surface area contributed by atoms with Gasteiger partial charge in [-0.2, -0.15) is 5.10 Å². The summed E-state index contributed by atoms with van der Waals surface area (Å²) in [7, 11) is 0. The molecular weight excluding hydrogens is 476 g/mol. The number of hydrogen-bond donors (Lipinski definition) is 0. The maximum atomic E-state index is 13.6. The molecule has 0 aliphatic carbocycles. The summed E-state index contributed by atoms with van der Waals surface area (Å²) in [6, 6.07) is 31.9. The average molecular weight is 507 g/mol. The van der Waals surface area contributed by atoms with Gasteiger partial charge in [-0.05, 0) is 48.7 Å². The van der Waals surface area contributed by atoms with E-state index in [1.165, 1.54) is 16.7 Å². The summed E-state index contributed by atoms with van der Waals surface area (Å²) >= 11 is 1.54. The fourth-order valence-electron chi connectivity index (χ4n) is 5.31. The summed E-state index contributed by atoms with van der Waals surface area (Å²) in [5, 5.41) is 5.81. The summed E-state index contributed by atoms with van der Waals surface area (Å²) in [6.45, 7) is 7.20. The maximum absolute atomic E-state index is 13.6. The van der Waals surface area contributed by atoms with Gasteiger partial charge in [0.25, 0.3) is 5.91 Å². The molecule has 3 aromatic carbocycles. The van der Waals surface area contributed by atoms with Crippen molar-refractivity contribution in [2.24, 2.45) is 0 Å². The van der Waals surface area contributed by atoms with Crippen molar-refractivity contribution in [3.8, 4) is 5.69 Å². The van der Waals surface area contributed by atoms with Crippen molar-refractivity contribution in [2.45, 2.75) is 19.9 Å². The van der Waals surface area contributed by atoms with Crippen LogP contribution in [0, 0.1) is 13.8 Å². The highest BCUT2D eigenvalue weighted by atomic mass is 32.1. The molecule has 3 heterocycles. The van der Waals surface area contributed by atoms with Crippen molar-refractivity contribution in [1.29, 1.82) is 0 Å². The van der Waals surface area contributed by atoms with Crippen LogP contribution in [-0.2, 0) is 0 Å². The van der Waals surface area contributed by atoms with Crippen LogP contribution >= 0.6 is 11.3 Å². The molecule has 5 aromatic rings. The third-order valence-electron chi connectivity index (χ3n) is 7.20. The van der Waals surface area contributed by atoms with Crippen molar-refractivity contribution >= 4 is 27.5 Å². The van der Waals surface area contributed by atoms with Crippen molar-refractivity contribution in [3.05, 3.63) is 118 Å². The predicted molar refractivity (Wildman–Crippen MR) is 151 cm³/mol. The van der Waals surface area contributed by atoms with Crippen LogP contribution < -0.4 is 0 Å². The van der Waals surface area contributed by atoms with E-state index in [4.69, 9.17) is 5.10 Å². The van der Waals surface area contributed by atoms with Gasteiger partial charge < -0.3 is 4.90 Å². The quantitative estimate of drug-likeness (QED) is 0.283. The molecule has 1 saturated heterocycles. The van der Waals surface area contributed by atoms with E-state index in [1.807, 2.05) is 28.6 Å². The number of thiophene rings is 1. The minimum Gasteiger partial charge on any atom is -0.335 e. The van der Waals surface area contributed by atoms with Gasteiger partial charge in [-0.25, -0.2) is 4.68 Å². The van der Waals surface area contributed by atoms with Crippen molar-refractivity contribution in [3.63, 3.8) is 0 Å². The van der Waals surface area contributed by atoms with E-state index in [9.17, 15) is 4.79 Å². The van der Waals surface area contributed by atoms with E-state index in [2.05, 4.69) is 90.7 Å². The summed E-state index contributed by atoms with van der Waals surface area (Å²) in [5.74, 6) is 0.118. The number of carbonyl (C=O) groups is 1. The third kappa shape index (κ3) is 4.59. The first-order valence-corrected chi connectivity index (χ1v) is 13.6. The second kappa shape index (κ2) is 9.96. The minimum absolute atomic E-state index is 0.118. The Morgan fingerprint density at radius 1 is 0.811 bits per heavy atom. The minimum atomic E-state index is 0.118. The SMILES string of the molecule is Cc1cccc(-n2nc(C)c3cc(C(=O)N4CCN(C(c5ccccc5)c5ccccc5)CC4)sc32)c1. The molecule has 6 rings (SSSR count). The second-order valence-electron chi connectivity index (χ2n) is 9.72. The zero-order valence-corrected chi connectivity index (χ0v) is 22.0. The number of aromatic nitrogens is 2. The molecule has 0 N–H and O–H groups in total. The van der Waals surface area contributed by atoms with Crippen LogP contribution in [-0.4, -0.2) is 51.7 Å². The third-order valence-corrected chi connectivity index (χ3v) is 8.30. The Morgan fingerprint density at radius 2 is 1.46 bits per heavy atom. The highest BCUT2D eigenvalue weighted by Crippen LogP contribution is 2.33. The van der Waals surface area contributed by atoms with Crippen LogP contribution in [0.2, 0.25) is 0 Å². The van der Waals surface area contributed by atoms with Crippen LogP contribution in [0.15, 0.2) is 91.0 Å². The Morgan fingerprint density at radius 3 is 2.08 bits per heavy atom. The molecule has 0 radical (unpaired) electrons. The van der Waals surface area contributed by atoms with E-state index >= 15 is 0 Å². The zero-order valence-electron chi connectivity index (χ0n) is 21.2. The number of piperazine rings is 1.